The van der Waals surface area contributed by atoms with Crippen LogP contribution in [0.1, 0.15) is 174 Å². The summed E-state index contributed by atoms with van der Waals surface area (Å²) in [6.07, 6.45) is 37.2. The molecule has 0 aliphatic heterocycles. The van der Waals surface area contributed by atoms with Crippen LogP contribution in [0.25, 0.3) is 0 Å². The van der Waals surface area contributed by atoms with E-state index in [1.165, 1.54) is 128 Å². The zero-order chi connectivity index (χ0) is 27.8. The molecule has 0 radical (unpaired) electrons. The predicted octanol–water partition coefficient (Wildman–Crippen LogP) is 10.9. The van der Waals surface area contributed by atoms with Gasteiger partial charge in [-0.15, -0.1) is 0 Å². The second kappa shape index (κ2) is 31.6. The van der Waals surface area contributed by atoms with Crippen LogP contribution in [-0.4, -0.2) is 18.5 Å². The number of rotatable bonds is 29. The lowest BCUT2D eigenvalue weighted by Crippen LogP contribution is -2.09. The van der Waals surface area contributed by atoms with Crippen LogP contribution in [-0.2, 0) is 19.1 Å². The van der Waals surface area contributed by atoms with Crippen molar-refractivity contribution < 1.29 is 19.1 Å². The molecule has 0 spiro atoms. The summed E-state index contributed by atoms with van der Waals surface area (Å²) in [6.45, 7) is 4.96. The summed E-state index contributed by atoms with van der Waals surface area (Å²) in [5.41, 5.74) is 0. The van der Waals surface area contributed by atoms with Crippen molar-refractivity contribution in [1.29, 1.82) is 0 Å². The van der Waals surface area contributed by atoms with Gasteiger partial charge >= 0.3 is 11.9 Å². The fourth-order valence-corrected chi connectivity index (χ4v) is 4.46. The molecule has 0 rings (SSSR count). The van der Waals surface area contributed by atoms with Crippen molar-refractivity contribution >= 4 is 11.9 Å². The van der Waals surface area contributed by atoms with Gasteiger partial charge in [0.15, 0.2) is 0 Å². The van der Waals surface area contributed by atoms with Gasteiger partial charge in [0.25, 0.3) is 0 Å². The van der Waals surface area contributed by atoms with E-state index in [1.54, 1.807) is 0 Å². The van der Waals surface area contributed by atoms with Gasteiger partial charge in [0, 0.05) is 0 Å². The van der Waals surface area contributed by atoms with E-state index < -0.39 is 0 Å². The quantitative estimate of drug-likeness (QED) is 0.0414. The lowest BCUT2D eigenvalue weighted by Gasteiger charge is -2.05. The molecule has 0 aromatic rings. The molecule has 0 atom stereocenters. The van der Waals surface area contributed by atoms with E-state index in [1.807, 2.05) is 6.08 Å². The summed E-state index contributed by atoms with van der Waals surface area (Å²) >= 11 is 0. The first-order valence-corrected chi connectivity index (χ1v) is 16.4. The van der Waals surface area contributed by atoms with Crippen molar-refractivity contribution in [2.75, 3.05) is 6.61 Å². The number of ether oxygens (including phenoxy) is 2. The fraction of sp³-hybridized carbons (Fsp3) is 0.824. The molecule has 0 unspecified atom stereocenters. The van der Waals surface area contributed by atoms with E-state index in [4.69, 9.17) is 9.47 Å². The molecular weight excluding hydrogens is 472 g/mol. The van der Waals surface area contributed by atoms with Crippen LogP contribution in [0, 0.1) is 0 Å². The maximum atomic E-state index is 11.8. The summed E-state index contributed by atoms with van der Waals surface area (Å²) in [5.74, 6) is -0.677. The molecule has 0 saturated heterocycles. The normalized spacial score (nSPS) is 11.5. The third kappa shape index (κ3) is 30.6. The van der Waals surface area contributed by atoms with Gasteiger partial charge < -0.3 is 9.47 Å². The monoisotopic (exact) mass is 534 g/mol. The Balaban J connectivity index is 3.37. The van der Waals surface area contributed by atoms with Crippen molar-refractivity contribution in [3.8, 4) is 0 Å². The minimum absolute atomic E-state index is 0.0777. The van der Waals surface area contributed by atoms with Gasteiger partial charge in [-0.25, -0.2) is 0 Å². The number of carbonyl (C=O) groups is 2. The molecule has 0 heterocycles. The van der Waals surface area contributed by atoms with Gasteiger partial charge in [0.1, 0.15) is 0 Å². The minimum atomic E-state index is -0.369. The largest absolute Gasteiger partial charge is 0.466 e. The maximum absolute atomic E-state index is 11.8. The third-order valence-corrected chi connectivity index (χ3v) is 6.97. The van der Waals surface area contributed by atoms with Gasteiger partial charge in [-0.3, -0.25) is 9.59 Å². The lowest BCUT2D eigenvalue weighted by molar-refractivity contribution is -0.148. The molecule has 0 aromatic heterocycles. The van der Waals surface area contributed by atoms with Crippen molar-refractivity contribution in [2.24, 2.45) is 0 Å². The molecule has 0 aromatic carbocycles. The van der Waals surface area contributed by atoms with Gasteiger partial charge in [-0.1, -0.05) is 129 Å². The Bertz CT molecular complexity index is 567. The van der Waals surface area contributed by atoms with Crippen LogP contribution in [0.5, 0.6) is 0 Å². The Morgan fingerprint density at radius 3 is 1.37 bits per heavy atom. The number of allylic oxidation sites excluding steroid dienone is 3. The van der Waals surface area contributed by atoms with Gasteiger partial charge in [-0.2, -0.15) is 0 Å². The number of hydrogen-bond acceptors (Lipinski definition) is 4. The van der Waals surface area contributed by atoms with E-state index in [2.05, 4.69) is 26.0 Å². The minimum Gasteiger partial charge on any atom is -0.466 e. The maximum Gasteiger partial charge on any atom is 0.311 e. The summed E-state index contributed by atoms with van der Waals surface area (Å²) in [6, 6.07) is 0. The highest BCUT2D eigenvalue weighted by molar-refractivity contribution is 5.77. The molecule has 0 N–H and O–H groups in total. The number of esters is 2. The van der Waals surface area contributed by atoms with E-state index in [-0.39, 0.29) is 24.8 Å². The molecule has 38 heavy (non-hydrogen) atoms. The van der Waals surface area contributed by atoms with E-state index in [0.29, 0.717) is 6.61 Å². The molecule has 0 fully saturated rings. The van der Waals surface area contributed by atoms with Crippen LogP contribution in [0.2, 0.25) is 0 Å². The van der Waals surface area contributed by atoms with E-state index >= 15 is 0 Å². The molecular formula is C34H62O4. The highest BCUT2D eigenvalue weighted by Gasteiger charge is 2.08. The second-order valence-corrected chi connectivity index (χ2v) is 10.8. The van der Waals surface area contributed by atoms with E-state index in [9.17, 15) is 9.59 Å². The summed E-state index contributed by atoms with van der Waals surface area (Å²) in [4.78, 5) is 23.6. The standard InChI is InChI=1S/C34H62O4/c1-3-5-7-9-11-13-15-16-17-18-19-20-22-24-26-28-32-38-34(36)30-29-33(35)37-31-27-25-23-21-14-12-10-8-6-4-2/h16-17,27,31H,3-15,18-26,28-30,32H2,1-2H3/b17-16-,31-27?. The SMILES string of the molecule is CCCCCCCC/C=C\CCCCCCCCOC(=O)CCC(=O)OC=CCCCCCCCCCC. The molecule has 4 nitrogen and oxygen atoms in total. The summed E-state index contributed by atoms with van der Waals surface area (Å²) < 4.78 is 10.3. The topological polar surface area (TPSA) is 52.6 Å². The predicted molar refractivity (Wildman–Crippen MR) is 162 cm³/mol. The van der Waals surface area contributed by atoms with Crippen molar-refractivity contribution in [3.63, 3.8) is 0 Å². The van der Waals surface area contributed by atoms with Crippen LogP contribution in [0.15, 0.2) is 24.5 Å². The van der Waals surface area contributed by atoms with Gasteiger partial charge in [0.2, 0.25) is 0 Å². The average molecular weight is 535 g/mol. The van der Waals surface area contributed by atoms with Crippen molar-refractivity contribution in [1.82, 2.24) is 0 Å². The summed E-state index contributed by atoms with van der Waals surface area (Å²) in [5, 5.41) is 0. The Hall–Kier alpha value is -1.58. The average Bonchev–Trinajstić information content (AvgIpc) is 2.92. The van der Waals surface area contributed by atoms with Crippen LogP contribution in [0.3, 0.4) is 0 Å². The fourth-order valence-electron chi connectivity index (χ4n) is 4.46. The number of carbonyl (C=O) groups excluding carboxylic acids is 2. The Morgan fingerprint density at radius 1 is 0.474 bits per heavy atom. The molecule has 0 bridgehead atoms. The number of unbranched alkanes of at least 4 members (excludes halogenated alkanes) is 20. The summed E-state index contributed by atoms with van der Waals surface area (Å²) in [7, 11) is 0. The molecule has 0 aliphatic carbocycles. The van der Waals surface area contributed by atoms with Crippen LogP contribution < -0.4 is 0 Å². The van der Waals surface area contributed by atoms with Gasteiger partial charge in [0.05, 0.1) is 25.7 Å². The lowest BCUT2D eigenvalue weighted by atomic mass is 10.1. The zero-order valence-electron chi connectivity index (χ0n) is 25.3. The second-order valence-electron chi connectivity index (χ2n) is 10.8. The molecule has 0 aliphatic rings. The third-order valence-electron chi connectivity index (χ3n) is 6.97. The van der Waals surface area contributed by atoms with Crippen LogP contribution >= 0.6 is 0 Å². The highest BCUT2D eigenvalue weighted by atomic mass is 16.5. The van der Waals surface area contributed by atoms with Crippen LogP contribution in [0.4, 0.5) is 0 Å². The molecule has 4 heteroatoms. The first kappa shape index (κ1) is 36.4. The smallest absolute Gasteiger partial charge is 0.311 e. The number of hydrogen-bond donors (Lipinski definition) is 0. The first-order valence-electron chi connectivity index (χ1n) is 16.4. The van der Waals surface area contributed by atoms with Crippen molar-refractivity contribution in [3.05, 3.63) is 24.5 Å². The molecule has 222 valence electrons. The Kier molecular flexibility index (Phi) is 30.3. The molecule has 0 saturated carbocycles. The zero-order valence-corrected chi connectivity index (χ0v) is 25.3. The highest BCUT2D eigenvalue weighted by Crippen LogP contribution is 2.11. The molecule has 0 amide bonds. The van der Waals surface area contributed by atoms with Gasteiger partial charge in [-0.05, 0) is 51.0 Å². The Labute approximate surface area is 236 Å². The Morgan fingerprint density at radius 2 is 0.868 bits per heavy atom. The van der Waals surface area contributed by atoms with Crippen molar-refractivity contribution in [2.45, 2.75) is 174 Å². The van der Waals surface area contributed by atoms with E-state index in [0.717, 1.165) is 25.7 Å². The first-order chi connectivity index (χ1) is 18.7.